The van der Waals surface area contributed by atoms with Crippen LogP contribution in [0.2, 0.25) is 0 Å². The normalized spacial score (nSPS) is 12.2. The first-order valence-corrected chi connectivity index (χ1v) is 6.36. The monoisotopic (exact) mass is 302 g/mol. The van der Waals surface area contributed by atoms with Gasteiger partial charge >= 0.3 is 4.83 Å². The minimum Gasteiger partial charge on any atom is -0.322 e. The quantitative estimate of drug-likeness (QED) is 0.771. The van der Waals surface area contributed by atoms with Crippen molar-refractivity contribution in [1.82, 2.24) is 9.55 Å². The first-order chi connectivity index (χ1) is 8.04. The summed E-state index contributed by atoms with van der Waals surface area (Å²) >= 11 is 2.39. The molecule has 5 heteroatoms. The average Bonchev–Trinajstić information content (AvgIpc) is 2.65. The van der Waals surface area contributed by atoms with Gasteiger partial charge in [-0.05, 0) is 34.5 Å². The lowest BCUT2D eigenvalue weighted by Crippen LogP contribution is -2.13. The Morgan fingerprint density at radius 3 is 2.71 bits per heavy atom. The summed E-state index contributed by atoms with van der Waals surface area (Å²) in [5.41, 5.74) is 1.37. The maximum atomic E-state index is 13.4. The zero-order chi connectivity index (χ0) is 12.5. The van der Waals surface area contributed by atoms with Crippen LogP contribution in [0.4, 0.5) is 8.78 Å². The fourth-order valence-electron chi connectivity index (χ4n) is 1.83. The van der Waals surface area contributed by atoms with Crippen molar-refractivity contribution in [2.75, 3.05) is 0 Å². The molecule has 1 aromatic carbocycles. The lowest BCUT2D eigenvalue weighted by Gasteiger charge is -2.11. The SMILES string of the molecule is CCCCn1c(C(F)(F)Br)nc2ccccc21. The van der Waals surface area contributed by atoms with Crippen LogP contribution in [0.5, 0.6) is 0 Å². The number of para-hydroxylation sites is 2. The summed E-state index contributed by atoms with van der Waals surface area (Å²) in [5, 5.41) is 0. The molecule has 0 aliphatic carbocycles. The van der Waals surface area contributed by atoms with Crippen molar-refractivity contribution >= 4 is 27.0 Å². The number of benzene rings is 1. The Morgan fingerprint density at radius 2 is 2.06 bits per heavy atom. The van der Waals surface area contributed by atoms with Crippen LogP contribution in [-0.4, -0.2) is 9.55 Å². The van der Waals surface area contributed by atoms with E-state index in [1.165, 1.54) is 0 Å². The number of unbranched alkanes of at least 4 members (excludes halogenated alkanes) is 1. The number of halogens is 3. The molecule has 0 aliphatic heterocycles. The smallest absolute Gasteiger partial charge is 0.322 e. The third-order valence-corrected chi connectivity index (χ3v) is 3.00. The molecule has 0 atom stereocenters. The van der Waals surface area contributed by atoms with E-state index >= 15 is 0 Å². The maximum absolute atomic E-state index is 13.4. The minimum atomic E-state index is -3.08. The van der Waals surface area contributed by atoms with Gasteiger partial charge in [0.15, 0.2) is 5.82 Å². The van der Waals surface area contributed by atoms with Crippen LogP contribution < -0.4 is 0 Å². The highest BCUT2D eigenvalue weighted by atomic mass is 79.9. The molecule has 0 unspecified atom stereocenters. The van der Waals surface area contributed by atoms with E-state index in [4.69, 9.17) is 0 Å². The van der Waals surface area contributed by atoms with Crippen molar-refractivity contribution in [3.63, 3.8) is 0 Å². The summed E-state index contributed by atoms with van der Waals surface area (Å²) in [7, 11) is 0. The fraction of sp³-hybridized carbons (Fsp3) is 0.417. The molecular weight excluding hydrogens is 290 g/mol. The molecule has 1 aromatic heterocycles. The topological polar surface area (TPSA) is 17.8 Å². The summed E-state index contributed by atoms with van der Waals surface area (Å²) in [5.74, 6) is -0.216. The number of aryl methyl sites for hydroxylation is 1. The van der Waals surface area contributed by atoms with Crippen molar-refractivity contribution in [3.05, 3.63) is 30.1 Å². The molecule has 2 rings (SSSR count). The van der Waals surface area contributed by atoms with Crippen LogP contribution in [0.3, 0.4) is 0 Å². The van der Waals surface area contributed by atoms with Gasteiger partial charge in [0, 0.05) is 6.54 Å². The number of rotatable bonds is 4. The van der Waals surface area contributed by atoms with E-state index in [2.05, 4.69) is 20.9 Å². The van der Waals surface area contributed by atoms with Crippen LogP contribution in [-0.2, 0) is 11.4 Å². The molecule has 0 saturated carbocycles. The Labute approximate surface area is 107 Å². The van der Waals surface area contributed by atoms with Gasteiger partial charge in [-0.15, -0.1) is 0 Å². The standard InChI is InChI=1S/C12H13BrF2N2/c1-2-3-8-17-10-7-5-4-6-9(10)16-11(17)12(13,14)15/h4-7H,2-3,8H2,1H3. The number of nitrogens with zero attached hydrogens (tertiary/aromatic N) is 2. The average molecular weight is 303 g/mol. The van der Waals surface area contributed by atoms with Gasteiger partial charge in [-0.2, -0.15) is 8.78 Å². The van der Waals surface area contributed by atoms with Gasteiger partial charge in [-0.1, -0.05) is 25.5 Å². The second-order valence-electron chi connectivity index (χ2n) is 3.93. The van der Waals surface area contributed by atoms with E-state index in [1.807, 2.05) is 19.1 Å². The van der Waals surface area contributed by atoms with E-state index in [1.54, 1.807) is 16.7 Å². The van der Waals surface area contributed by atoms with E-state index in [0.29, 0.717) is 12.1 Å². The number of fused-ring (bicyclic) bond motifs is 1. The highest BCUT2D eigenvalue weighted by Crippen LogP contribution is 2.35. The number of alkyl halides is 3. The van der Waals surface area contributed by atoms with Crippen LogP contribution in [0, 0.1) is 0 Å². The lowest BCUT2D eigenvalue weighted by atomic mass is 10.3. The Bertz CT molecular complexity index is 517. The van der Waals surface area contributed by atoms with E-state index in [0.717, 1.165) is 18.4 Å². The molecule has 0 radical (unpaired) electrons. The van der Waals surface area contributed by atoms with Gasteiger partial charge in [0.05, 0.1) is 11.0 Å². The zero-order valence-electron chi connectivity index (χ0n) is 9.46. The lowest BCUT2D eigenvalue weighted by molar-refractivity contribution is 0.0993. The fourth-order valence-corrected chi connectivity index (χ4v) is 2.14. The predicted molar refractivity (Wildman–Crippen MR) is 67.5 cm³/mol. The van der Waals surface area contributed by atoms with Gasteiger partial charge in [-0.25, -0.2) is 4.98 Å². The largest absolute Gasteiger partial charge is 0.358 e. The Kier molecular flexibility index (Phi) is 3.47. The highest BCUT2D eigenvalue weighted by Gasteiger charge is 2.33. The zero-order valence-corrected chi connectivity index (χ0v) is 11.0. The van der Waals surface area contributed by atoms with Crippen molar-refractivity contribution in [3.8, 4) is 0 Å². The maximum Gasteiger partial charge on any atom is 0.358 e. The third-order valence-electron chi connectivity index (χ3n) is 2.64. The Hall–Kier alpha value is -0.970. The van der Waals surface area contributed by atoms with Gasteiger partial charge in [0.1, 0.15) is 0 Å². The second-order valence-corrected chi connectivity index (χ2v) is 4.92. The molecule has 0 fully saturated rings. The van der Waals surface area contributed by atoms with E-state index in [9.17, 15) is 8.78 Å². The van der Waals surface area contributed by atoms with Gasteiger partial charge in [-0.3, -0.25) is 0 Å². The number of hydrogen-bond acceptors (Lipinski definition) is 1. The molecule has 92 valence electrons. The summed E-state index contributed by atoms with van der Waals surface area (Å²) in [6, 6.07) is 7.21. The summed E-state index contributed by atoms with van der Waals surface area (Å²) in [4.78, 5) is 0.919. The minimum absolute atomic E-state index is 0.216. The van der Waals surface area contributed by atoms with Crippen LogP contribution in [0.25, 0.3) is 11.0 Å². The Balaban J connectivity index is 2.57. The van der Waals surface area contributed by atoms with Crippen LogP contribution >= 0.6 is 15.9 Å². The molecular formula is C12H13BrF2N2. The molecule has 0 bridgehead atoms. The molecule has 2 aromatic rings. The first-order valence-electron chi connectivity index (χ1n) is 5.56. The van der Waals surface area contributed by atoms with Gasteiger partial charge in [0.25, 0.3) is 0 Å². The molecule has 0 saturated heterocycles. The number of hydrogen-bond donors (Lipinski definition) is 0. The van der Waals surface area contributed by atoms with E-state index in [-0.39, 0.29) is 5.82 Å². The molecule has 17 heavy (non-hydrogen) atoms. The summed E-state index contributed by atoms with van der Waals surface area (Å²) < 4.78 is 28.4. The summed E-state index contributed by atoms with van der Waals surface area (Å²) in [6.07, 6.45) is 1.82. The molecule has 0 aliphatic rings. The summed E-state index contributed by atoms with van der Waals surface area (Å²) in [6.45, 7) is 2.60. The van der Waals surface area contributed by atoms with Crippen LogP contribution in [0.15, 0.2) is 24.3 Å². The molecule has 0 amide bonds. The van der Waals surface area contributed by atoms with Gasteiger partial charge < -0.3 is 4.57 Å². The predicted octanol–water partition coefficient (Wildman–Crippen LogP) is 4.28. The molecule has 0 spiro atoms. The molecule has 2 nitrogen and oxygen atoms in total. The van der Waals surface area contributed by atoms with Crippen molar-refractivity contribution in [2.24, 2.45) is 0 Å². The van der Waals surface area contributed by atoms with Gasteiger partial charge in [0.2, 0.25) is 0 Å². The second kappa shape index (κ2) is 4.72. The van der Waals surface area contributed by atoms with Crippen LogP contribution in [0.1, 0.15) is 25.6 Å². The highest BCUT2D eigenvalue weighted by molar-refractivity contribution is 9.09. The van der Waals surface area contributed by atoms with E-state index < -0.39 is 4.83 Å². The number of imidazole rings is 1. The first kappa shape index (κ1) is 12.5. The number of aromatic nitrogens is 2. The molecule has 1 heterocycles. The van der Waals surface area contributed by atoms with Crippen molar-refractivity contribution < 1.29 is 8.78 Å². The Morgan fingerprint density at radius 1 is 1.35 bits per heavy atom. The van der Waals surface area contributed by atoms with Crippen molar-refractivity contribution in [2.45, 2.75) is 31.1 Å². The third kappa shape index (κ3) is 2.49. The van der Waals surface area contributed by atoms with Crippen molar-refractivity contribution in [1.29, 1.82) is 0 Å². The molecule has 0 N–H and O–H groups in total.